The van der Waals surface area contributed by atoms with Crippen molar-refractivity contribution in [3.05, 3.63) is 47.9 Å². The number of pyridine rings is 1. The van der Waals surface area contributed by atoms with E-state index in [2.05, 4.69) is 18.0 Å². The molecule has 0 aliphatic carbocycles. The summed E-state index contributed by atoms with van der Waals surface area (Å²) in [7, 11) is 0. The number of unbranched alkanes of at least 4 members (excludes halogenated alkanes) is 5. The van der Waals surface area contributed by atoms with Crippen LogP contribution in [0.25, 0.3) is 21.7 Å². The van der Waals surface area contributed by atoms with E-state index in [0.29, 0.717) is 10.9 Å². The van der Waals surface area contributed by atoms with Gasteiger partial charge in [0.05, 0.1) is 5.52 Å². The van der Waals surface area contributed by atoms with E-state index in [1.807, 2.05) is 12.1 Å². The average Bonchev–Trinajstić information content (AvgIpc) is 2.58. The van der Waals surface area contributed by atoms with E-state index in [1.54, 1.807) is 12.1 Å². The van der Waals surface area contributed by atoms with Gasteiger partial charge in [-0.15, -0.1) is 0 Å². The molecule has 0 bridgehead atoms. The number of phenolic OH excluding ortho intramolecular Hbond substituents is 1. The van der Waals surface area contributed by atoms with E-state index in [1.165, 1.54) is 38.2 Å². The summed E-state index contributed by atoms with van der Waals surface area (Å²) in [5.41, 5.74) is 1.65. The van der Waals surface area contributed by atoms with Gasteiger partial charge in [0.15, 0.2) is 0 Å². The lowest BCUT2D eigenvalue weighted by molar-refractivity contribution is 0.476. The molecule has 0 unspecified atom stereocenters. The summed E-state index contributed by atoms with van der Waals surface area (Å²) in [5.74, 6) is -0.360. The van der Waals surface area contributed by atoms with Gasteiger partial charge in [0.25, 0.3) is 0 Å². The van der Waals surface area contributed by atoms with Gasteiger partial charge in [0, 0.05) is 16.8 Å². The summed E-state index contributed by atoms with van der Waals surface area (Å²) in [6, 6.07) is 10.9. The minimum absolute atomic E-state index is 0.105. The highest BCUT2D eigenvalue weighted by Gasteiger charge is 2.09. The minimum Gasteiger partial charge on any atom is -0.508 e. The third kappa shape index (κ3) is 3.66. The van der Waals surface area contributed by atoms with E-state index in [-0.39, 0.29) is 5.75 Å². The lowest BCUT2D eigenvalue weighted by atomic mass is 10.00. The molecule has 0 saturated heterocycles. The quantitative estimate of drug-likeness (QED) is 0.322. The van der Waals surface area contributed by atoms with Crippen molar-refractivity contribution in [2.75, 3.05) is 0 Å². The van der Waals surface area contributed by atoms with Gasteiger partial charge in [-0.25, -0.2) is 4.98 Å². The monoisotopic (exact) mass is 325 g/mol. The summed E-state index contributed by atoms with van der Waals surface area (Å²) in [4.78, 5) is 4.01. The molecule has 2 aromatic carbocycles. The maximum atomic E-state index is 14.4. The number of aromatic nitrogens is 1. The smallest absolute Gasteiger partial charge is 0.221 e. The predicted molar refractivity (Wildman–Crippen MR) is 98.0 cm³/mol. The molecular weight excluding hydrogens is 301 g/mol. The number of hydrogen-bond donors (Lipinski definition) is 1. The third-order valence-electron chi connectivity index (χ3n) is 4.62. The van der Waals surface area contributed by atoms with Crippen LogP contribution in [-0.2, 0) is 6.42 Å². The summed E-state index contributed by atoms with van der Waals surface area (Å²) in [6.07, 6.45) is 8.53. The van der Waals surface area contributed by atoms with Crippen molar-refractivity contribution >= 4 is 21.7 Å². The zero-order valence-electron chi connectivity index (χ0n) is 14.2. The molecule has 0 aliphatic rings. The van der Waals surface area contributed by atoms with Gasteiger partial charge < -0.3 is 5.11 Å². The lowest BCUT2D eigenvalue weighted by Gasteiger charge is -2.08. The Bertz CT molecular complexity index is 844. The first kappa shape index (κ1) is 16.7. The third-order valence-corrected chi connectivity index (χ3v) is 4.62. The average molecular weight is 325 g/mol. The van der Waals surface area contributed by atoms with Gasteiger partial charge in [-0.2, -0.15) is 4.39 Å². The molecular formula is C21H24FNO. The molecule has 0 aliphatic heterocycles. The second kappa shape index (κ2) is 7.61. The minimum atomic E-state index is -0.465. The molecule has 0 saturated carbocycles. The van der Waals surface area contributed by atoms with Crippen LogP contribution in [0.4, 0.5) is 4.39 Å². The van der Waals surface area contributed by atoms with Crippen LogP contribution in [-0.4, -0.2) is 10.1 Å². The molecule has 1 N–H and O–H groups in total. The topological polar surface area (TPSA) is 33.1 Å². The molecule has 1 heterocycles. The molecule has 1 aromatic heterocycles. The van der Waals surface area contributed by atoms with Gasteiger partial charge >= 0.3 is 0 Å². The largest absolute Gasteiger partial charge is 0.508 e. The molecule has 0 radical (unpaired) electrons. The van der Waals surface area contributed by atoms with Gasteiger partial charge in [-0.05, 0) is 42.0 Å². The summed E-state index contributed by atoms with van der Waals surface area (Å²) >= 11 is 0. The van der Waals surface area contributed by atoms with Crippen LogP contribution < -0.4 is 0 Å². The number of nitrogens with zero attached hydrogens (tertiary/aromatic N) is 1. The first-order chi connectivity index (χ1) is 11.7. The first-order valence-electron chi connectivity index (χ1n) is 8.90. The Balaban J connectivity index is 1.79. The molecule has 24 heavy (non-hydrogen) atoms. The van der Waals surface area contributed by atoms with Crippen LogP contribution in [0.3, 0.4) is 0 Å². The maximum Gasteiger partial charge on any atom is 0.221 e. The Morgan fingerprint density at radius 1 is 0.875 bits per heavy atom. The number of aryl methyl sites for hydroxylation is 1. The Morgan fingerprint density at radius 3 is 2.46 bits per heavy atom. The van der Waals surface area contributed by atoms with Crippen LogP contribution in [0.2, 0.25) is 0 Å². The highest BCUT2D eigenvalue weighted by Crippen LogP contribution is 2.29. The zero-order chi connectivity index (χ0) is 16.9. The number of fused-ring (bicyclic) bond motifs is 3. The molecule has 0 atom stereocenters. The summed E-state index contributed by atoms with van der Waals surface area (Å²) in [6.45, 7) is 2.22. The van der Waals surface area contributed by atoms with E-state index in [9.17, 15) is 9.50 Å². The number of aromatic hydroxyl groups is 1. The van der Waals surface area contributed by atoms with Crippen molar-refractivity contribution in [2.24, 2.45) is 0 Å². The van der Waals surface area contributed by atoms with Crippen LogP contribution >= 0.6 is 0 Å². The number of phenols is 1. The van der Waals surface area contributed by atoms with Crippen molar-refractivity contribution in [3.63, 3.8) is 0 Å². The standard InChI is InChI=1S/C21H24FNO/c1-2-3-4-5-6-7-8-15-9-11-17-18-12-10-16(24)14-20(18)23-21(22)19(17)13-15/h9-14,24H,2-8H2,1H3. The van der Waals surface area contributed by atoms with Crippen molar-refractivity contribution in [1.82, 2.24) is 4.98 Å². The second-order valence-corrected chi connectivity index (χ2v) is 6.50. The van der Waals surface area contributed by atoms with Crippen molar-refractivity contribution < 1.29 is 9.50 Å². The molecule has 0 spiro atoms. The van der Waals surface area contributed by atoms with Crippen LogP contribution in [0.1, 0.15) is 51.0 Å². The molecule has 0 amide bonds. The molecule has 2 nitrogen and oxygen atoms in total. The second-order valence-electron chi connectivity index (χ2n) is 6.50. The SMILES string of the molecule is CCCCCCCCc1ccc2c(c1)c(F)nc1cc(O)ccc12. The number of halogens is 1. The Labute approximate surface area is 142 Å². The fourth-order valence-corrected chi connectivity index (χ4v) is 3.27. The van der Waals surface area contributed by atoms with Gasteiger partial charge in [0.1, 0.15) is 5.75 Å². The Morgan fingerprint density at radius 2 is 1.62 bits per heavy atom. The summed E-state index contributed by atoms with van der Waals surface area (Å²) in [5, 5.41) is 11.8. The summed E-state index contributed by atoms with van der Waals surface area (Å²) < 4.78 is 14.4. The number of benzene rings is 2. The predicted octanol–water partition coefficient (Wildman–Crippen LogP) is 6.14. The normalized spacial score (nSPS) is 11.4. The van der Waals surface area contributed by atoms with E-state index >= 15 is 0 Å². The van der Waals surface area contributed by atoms with Crippen molar-refractivity contribution in [1.29, 1.82) is 0 Å². The zero-order valence-corrected chi connectivity index (χ0v) is 14.2. The highest BCUT2D eigenvalue weighted by atomic mass is 19.1. The maximum absolute atomic E-state index is 14.4. The lowest BCUT2D eigenvalue weighted by Crippen LogP contribution is -1.92. The van der Waals surface area contributed by atoms with Gasteiger partial charge in [-0.3, -0.25) is 0 Å². The number of hydrogen-bond acceptors (Lipinski definition) is 2. The molecule has 3 rings (SSSR count). The molecule has 3 heteroatoms. The Hall–Kier alpha value is -2.16. The highest BCUT2D eigenvalue weighted by molar-refractivity contribution is 6.06. The van der Waals surface area contributed by atoms with Crippen molar-refractivity contribution in [2.45, 2.75) is 51.9 Å². The molecule has 3 aromatic rings. The van der Waals surface area contributed by atoms with E-state index in [4.69, 9.17) is 0 Å². The van der Waals surface area contributed by atoms with Crippen LogP contribution in [0.15, 0.2) is 36.4 Å². The Kier molecular flexibility index (Phi) is 5.29. The number of rotatable bonds is 7. The first-order valence-corrected chi connectivity index (χ1v) is 8.90. The van der Waals surface area contributed by atoms with E-state index < -0.39 is 5.95 Å². The fourth-order valence-electron chi connectivity index (χ4n) is 3.27. The van der Waals surface area contributed by atoms with Crippen LogP contribution in [0.5, 0.6) is 5.75 Å². The molecule has 0 fully saturated rings. The van der Waals surface area contributed by atoms with Crippen molar-refractivity contribution in [3.8, 4) is 5.75 Å². The van der Waals surface area contributed by atoms with Crippen LogP contribution in [0, 0.1) is 5.95 Å². The molecule has 126 valence electrons. The van der Waals surface area contributed by atoms with Gasteiger partial charge in [-0.1, -0.05) is 51.2 Å². The van der Waals surface area contributed by atoms with E-state index in [0.717, 1.165) is 29.2 Å². The fraction of sp³-hybridized carbons (Fsp3) is 0.381. The van der Waals surface area contributed by atoms with Gasteiger partial charge in [0.2, 0.25) is 5.95 Å².